The summed E-state index contributed by atoms with van der Waals surface area (Å²) in [5.74, 6) is 1.56. The van der Waals surface area contributed by atoms with Crippen molar-refractivity contribution in [2.45, 2.75) is 32.1 Å². The first kappa shape index (κ1) is 10.0. The lowest BCUT2D eigenvalue weighted by atomic mass is 9.79. The summed E-state index contributed by atoms with van der Waals surface area (Å²) in [5, 5.41) is 0.835. The van der Waals surface area contributed by atoms with E-state index >= 15 is 0 Å². The molecule has 1 aromatic carbocycles. The van der Waals surface area contributed by atoms with Crippen LogP contribution >= 0.6 is 11.6 Å². The molecule has 2 unspecified atom stereocenters. The highest BCUT2D eigenvalue weighted by Gasteiger charge is 2.20. The van der Waals surface area contributed by atoms with Gasteiger partial charge in [0.05, 0.1) is 0 Å². The summed E-state index contributed by atoms with van der Waals surface area (Å²) >= 11 is 5.87. The van der Waals surface area contributed by atoms with Gasteiger partial charge in [0.1, 0.15) is 0 Å². The average Bonchev–Trinajstić information content (AvgIpc) is 2.19. The number of hydrogen-bond donors (Lipinski definition) is 0. The molecule has 1 radical (unpaired) electrons. The third kappa shape index (κ3) is 2.30. The number of benzene rings is 1. The number of rotatable bonds is 1. The minimum atomic E-state index is 0.719. The second-order valence-electron chi connectivity index (χ2n) is 4.35. The lowest BCUT2D eigenvalue weighted by Crippen LogP contribution is -2.11. The Balaban J connectivity index is 2.10. The minimum Gasteiger partial charge on any atom is -0.0843 e. The van der Waals surface area contributed by atoms with Crippen LogP contribution in [-0.2, 0) is 0 Å². The van der Waals surface area contributed by atoms with Gasteiger partial charge >= 0.3 is 0 Å². The molecular weight excluding hydrogens is 192 g/mol. The van der Waals surface area contributed by atoms with Crippen molar-refractivity contribution < 1.29 is 0 Å². The predicted octanol–water partition coefficient (Wildman–Crippen LogP) is 4.45. The van der Waals surface area contributed by atoms with Gasteiger partial charge in [-0.05, 0) is 55.2 Å². The summed E-state index contributed by atoms with van der Waals surface area (Å²) in [6, 6.07) is 8.32. The summed E-state index contributed by atoms with van der Waals surface area (Å²) in [6.45, 7) is 2.33. The van der Waals surface area contributed by atoms with Crippen molar-refractivity contribution in [3.05, 3.63) is 41.3 Å². The largest absolute Gasteiger partial charge is 0.0843 e. The van der Waals surface area contributed by atoms with Crippen LogP contribution in [0, 0.1) is 12.3 Å². The number of hydrogen-bond acceptors (Lipinski definition) is 0. The molecule has 0 aliphatic heterocycles. The van der Waals surface area contributed by atoms with Crippen LogP contribution in [0.4, 0.5) is 0 Å². The second-order valence-corrected chi connectivity index (χ2v) is 4.79. The van der Waals surface area contributed by atoms with Crippen LogP contribution in [0.15, 0.2) is 24.3 Å². The minimum absolute atomic E-state index is 0.719. The Morgan fingerprint density at radius 1 is 1.14 bits per heavy atom. The molecule has 0 spiro atoms. The molecule has 0 bridgehead atoms. The third-order valence-electron chi connectivity index (χ3n) is 3.05. The summed E-state index contributed by atoms with van der Waals surface area (Å²) < 4.78 is 0. The molecule has 75 valence electrons. The van der Waals surface area contributed by atoms with Crippen molar-refractivity contribution in [3.63, 3.8) is 0 Å². The summed E-state index contributed by atoms with van der Waals surface area (Å²) in [7, 11) is 0. The summed E-state index contributed by atoms with van der Waals surface area (Å²) in [6.07, 6.45) is 6.25. The molecule has 14 heavy (non-hydrogen) atoms. The zero-order valence-corrected chi connectivity index (χ0v) is 9.30. The Morgan fingerprint density at radius 2 is 1.86 bits per heavy atom. The van der Waals surface area contributed by atoms with Crippen LogP contribution in [-0.4, -0.2) is 0 Å². The third-order valence-corrected chi connectivity index (χ3v) is 3.30. The van der Waals surface area contributed by atoms with Crippen LogP contribution < -0.4 is 0 Å². The van der Waals surface area contributed by atoms with E-state index in [9.17, 15) is 0 Å². The van der Waals surface area contributed by atoms with E-state index in [1.807, 2.05) is 12.1 Å². The van der Waals surface area contributed by atoms with Gasteiger partial charge in [-0.25, -0.2) is 0 Å². The van der Waals surface area contributed by atoms with E-state index in [1.165, 1.54) is 24.8 Å². The first-order valence-electron chi connectivity index (χ1n) is 5.33. The van der Waals surface area contributed by atoms with Gasteiger partial charge in [0.25, 0.3) is 0 Å². The first-order valence-corrected chi connectivity index (χ1v) is 5.70. The lowest BCUT2D eigenvalue weighted by molar-refractivity contribution is 0.402. The molecule has 0 saturated heterocycles. The molecule has 0 amide bonds. The fourth-order valence-corrected chi connectivity index (χ4v) is 2.39. The van der Waals surface area contributed by atoms with Crippen LogP contribution in [0.1, 0.15) is 37.7 Å². The Labute approximate surface area is 91.3 Å². The topological polar surface area (TPSA) is 0 Å². The molecule has 2 atom stereocenters. The maximum Gasteiger partial charge on any atom is 0.0406 e. The summed E-state index contributed by atoms with van der Waals surface area (Å²) in [5.41, 5.74) is 1.44. The molecule has 0 heterocycles. The molecule has 0 N–H and O–H groups in total. The SMILES string of the molecule is CC1C[CH]CC(c2ccc(Cl)cc2)C1. The van der Waals surface area contributed by atoms with Gasteiger partial charge in [-0.1, -0.05) is 30.7 Å². The van der Waals surface area contributed by atoms with Crippen molar-refractivity contribution in [1.82, 2.24) is 0 Å². The molecule has 0 aromatic heterocycles. The van der Waals surface area contributed by atoms with Crippen molar-refractivity contribution in [2.75, 3.05) is 0 Å². The summed E-state index contributed by atoms with van der Waals surface area (Å²) in [4.78, 5) is 0. The van der Waals surface area contributed by atoms with Gasteiger partial charge in [0.2, 0.25) is 0 Å². The second kappa shape index (κ2) is 4.35. The van der Waals surface area contributed by atoms with Gasteiger partial charge in [-0.3, -0.25) is 0 Å². The maximum atomic E-state index is 5.87. The van der Waals surface area contributed by atoms with Crippen molar-refractivity contribution in [1.29, 1.82) is 0 Å². The van der Waals surface area contributed by atoms with Crippen molar-refractivity contribution >= 4 is 11.6 Å². The van der Waals surface area contributed by atoms with Crippen LogP contribution in [0.3, 0.4) is 0 Å². The van der Waals surface area contributed by atoms with E-state index in [-0.39, 0.29) is 0 Å². The van der Waals surface area contributed by atoms with Gasteiger partial charge in [0, 0.05) is 5.02 Å². The van der Waals surface area contributed by atoms with E-state index in [0.717, 1.165) is 16.9 Å². The molecule has 1 aromatic rings. The predicted molar refractivity (Wildman–Crippen MR) is 61.5 cm³/mol. The van der Waals surface area contributed by atoms with E-state index in [0.29, 0.717) is 0 Å². The molecule has 0 nitrogen and oxygen atoms in total. The first-order chi connectivity index (χ1) is 6.75. The standard InChI is InChI=1S/C13H16Cl/c1-10-3-2-4-12(9-10)11-5-7-13(14)8-6-11/h2,5-8,10,12H,3-4,9H2,1H3. The van der Waals surface area contributed by atoms with Crippen molar-refractivity contribution in [2.24, 2.45) is 5.92 Å². The van der Waals surface area contributed by atoms with Gasteiger partial charge in [-0.2, -0.15) is 0 Å². The molecule has 1 fully saturated rings. The Hall–Kier alpha value is -0.490. The van der Waals surface area contributed by atoms with Crippen LogP contribution in [0.5, 0.6) is 0 Å². The maximum absolute atomic E-state index is 5.87. The zero-order valence-electron chi connectivity index (χ0n) is 8.54. The molecule has 1 heteroatoms. The fourth-order valence-electron chi connectivity index (χ4n) is 2.27. The van der Waals surface area contributed by atoms with E-state index in [1.54, 1.807) is 0 Å². The molecule has 1 aliphatic rings. The quantitative estimate of drug-likeness (QED) is 0.639. The van der Waals surface area contributed by atoms with Gasteiger partial charge in [-0.15, -0.1) is 0 Å². The highest BCUT2D eigenvalue weighted by molar-refractivity contribution is 6.30. The molecule has 2 rings (SSSR count). The Morgan fingerprint density at radius 3 is 2.50 bits per heavy atom. The normalized spacial score (nSPS) is 27.6. The van der Waals surface area contributed by atoms with Crippen LogP contribution in [0.25, 0.3) is 0 Å². The van der Waals surface area contributed by atoms with Gasteiger partial charge in [0.15, 0.2) is 0 Å². The zero-order chi connectivity index (χ0) is 9.97. The Bertz CT molecular complexity index is 289. The van der Waals surface area contributed by atoms with E-state index in [4.69, 9.17) is 11.6 Å². The van der Waals surface area contributed by atoms with E-state index in [2.05, 4.69) is 25.5 Å². The smallest absolute Gasteiger partial charge is 0.0406 e. The fraction of sp³-hybridized carbons (Fsp3) is 0.462. The average molecular weight is 208 g/mol. The van der Waals surface area contributed by atoms with E-state index < -0.39 is 0 Å². The van der Waals surface area contributed by atoms with Gasteiger partial charge < -0.3 is 0 Å². The molecule has 1 saturated carbocycles. The highest BCUT2D eigenvalue weighted by atomic mass is 35.5. The van der Waals surface area contributed by atoms with Crippen molar-refractivity contribution in [3.8, 4) is 0 Å². The number of halogens is 1. The Kier molecular flexibility index (Phi) is 3.12. The lowest BCUT2D eigenvalue weighted by Gasteiger charge is -2.26. The molecule has 1 aliphatic carbocycles. The molecular formula is C13H16Cl. The van der Waals surface area contributed by atoms with Crippen LogP contribution in [0.2, 0.25) is 5.02 Å². The highest BCUT2D eigenvalue weighted by Crippen LogP contribution is 2.35. The monoisotopic (exact) mass is 207 g/mol.